The lowest BCUT2D eigenvalue weighted by Gasteiger charge is -2.36. The van der Waals surface area contributed by atoms with Crippen molar-refractivity contribution in [3.8, 4) is 35.5 Å². The molecule has 2 fully saturated rings. The summed E-state index contributed by atoms with van der Waals surface area (Å²) < 4.78 is 10.00. The van der Waals surface area contributed by atoms with Crippen LogP contribution < -0.4 is 9.47 Å². The largest absolute Gasteiger partial charge is 0.508 e. The molecule has 0 atom stereocenters. The molecule has 4 aromatic carbocycles. The third kappa shape index (κ3) is 12.0. The molecule has 0 radical (unpaired) electrons. The number of rotatable bonds is 6. The van der Waals surface area contributed by atoms with Crippen molar-refractivity contribution in [1.82, 2.24) is 0 Å². The number of benzene rings is 4. The van der Waals surface area contributed by atoms with E-state index in [0.717, 1.165) is 25.7 Å². The molecule has 0 saturated heterocycles. The lowest BCUT2D eigenvalue weighted by atomic mass is 9.67. The Morgan fingerprint density at radius 3 is 0.786 bits per heavy atom. The van der Waals surface area contributed by atoms with Gasteiger partial charge in [0, 0.05) is 10.8 Å². The molecule has 56 heavy (non-hydrogen) atoms. The molecule has 0 bridgehead atoms. The van der Waals surface area contributed by atoms with Gasteiger partial charge in [-0.3, -0.25) is 0 Å². The van der Waals surface area contributed by atoms with Crippen LogP contribution in [-0.2, 0) is 10.8 Å². The zero-order valence-corrected chi connectivity index (χ0v) is 33.4. The van der Waals surface area contributed by atoms with E-state index in [2.05, 4.69) is 48.5 Å². The van der Waals surface area contributed by atoms with Crippen LogP contribution in [0.1, 0.15) is 164 Å². The summed E-state index contributed by atoms with van der Waals surface area (Å²) in [6.07, 6.45) is 31.3. The van der Waals surface area contributed by atoms with E-state index in [-0.39, 0.29) is 10.8 Å². The summed E-state index contributed by atoms with van der Waals surface area (Å²) in [5.41, 5.74) is 4.99. The molecule has 6 nitrogen and oxygen atoms in total. The predicted molar refractivity (Wildman–Crippen MR) is 225 cm³/mol. The average molecular weight is 755 g/mol. The second-order valence-corrected chi connectivity index (χ2v) is 16.1. The first-order chi connectivity index (χ1) is 27.5. The minimum absolute atomic E-state index is 0.0272. The quantitative estimate of drug-likeness (QED) is 0.190. The third-order valence-corrected chi connectivity index (χ3v) is 12.4. The fraction of sp³-hybridized carbons (Fsp3) is 0.480. The van der Waals surface area contributed by atoms with Crippen molar-refractivity contribution in [2.75, 3.05) is 0 Å². The maximum atomic E-state index is 9.76. The first kappa shape index (κ1) is 42.2. The van der Waals surface area contributed by atoms with E-state index in [1.54, 1.807) is 12.5 Å². The molecule has 4 aromatic rings. The lowest BCUT2D eigenvalue weighted by molar-refractivity contribution is 0.381. The Bertz CT molecular complexity index is 1650. The van der Waals surface area contributed by atoms with Crippen molar-refractivity contribution < 1.29 is 19.7 Å². The highest BCUT2D eigenvalue weighted by molar-refractivity contribution is 5.45. The first-order valence-corrected chi connectivity index (χ1v) is 21.4. The summed E-state index contributed by atoms with van der Waals surface area (Å²) >= 11 is 0. The van der Waals surface area contributed by atoms with E-state index in [1.807, 2.05) is 48.5 Å². The molecular weight excluding hydrogens is 693 g/mol. The summed E-state index contributed by atoms with van der Waals surface area (Å²) in [6, 6.07) is 31.6. The van der Waals surface area contributed by atoms with Gasteiger partial charge in [-0.2, -0.15) is 0 Å². The van der Waals surface area contributed by atoms with Gasteiger partial charge >= 0.3 is 0 Å². The summed E-state index contributed by atoms with van der Waals surface area (Å²) in [7, 11) is 0. The van der Waals surface area contributed by atoms with E-state index < -0.39 is 0 Å². The Labute approximate surface area is 336 Å². The molecule has 6 heteroatoms. The molecule has 2 N–H and O–H groups in total. The molecule has 0 spiro atoms. The molecule has 0 aliphatic heterocycles. The van der Waals surface area contributed by atoms with Gasteiger partial charge < -0.3 is 19.7 Å². The normalized spacial score (nSPS) is 18.2. The molecule has 0 unspecified atom stereocenters. The van der Waals surface area contributed by atoms with E-state index in [9.17, 15) is 10.2 Å². The second-order valence-electron chi connectivity index (χ2n) is 16.1. The van der Waals surface area contributed by atoms with Crippen LogP contribution in [0.3, 0.4) is 0 Å². The maximum absolute atomic E-state index is 9.76. The highest BCUT2D eigenvalue weighted by Crippen LogP contribution is 2.45. The van der Waals surface area contributed by atoms with E-state index in [4.69, 9.17) is 20.0 Å². The average Bonchev–Trinajstić information content (AvgIpc) is 3.21. The third-order valence-electron chi connectivity index (χ3n) is 12.4. The van der Waals surface area contributed by atoms with Crippen LogP contribution in [0.15, 0.2) is 97.1 Å². The Kier molecular flexibility index (Phi) is 17.0. The van der Waals surface area contributed by atoms with Gasteiger partial charge in [0.25, 0.3) is 12.5 Å². The van der Waals surface area contributed by atoms with Crippen molar-refractivity contribution in [3.05, 3.63) is 119 Å². The van der Waals surface area contributed by atoms with Crippen molar-refractivity contribution in [3.63, 3.8) is 0 Å². The van der Waals surface area contributed by atoms with Crippen LogP contribution in [0.25, 0.3) is 0 Å². The number of hydrogen-bond donors (Lipinski definition) is 2. The Balaban J connectivity index is 0.000000216. The SMILES string of the molecule is N#COc1ccc(C2(c3ccc(OC#N)cc3)CCCCCCCCCCC2)cc1.Oc1ccc(C2(c3ccc(O)cc3)CCCCCCCCCCC2)cc1. The van der Waals surface area contributed by atoms with Gasteiger partial charge in [0.2, 0.25) is 0 Å². The Hall–Kier alpha value is -4.94. The second kappa shape index (κ2) is 22.6. The van der Waals surface area contributed by atoms with Gasteiger partial charge in [-0.1, -0.05) is 164 Å². The minimum atomic E-state index is -0.0878. The minimum Gasteiger partial charge on any atom is -0.508 e. The van der Waals surface area contributed by atoms with Crippen LogP contribution in [-0.4, -0.2) is 10.2 Å². The van der Waals surface area contributed by atoms with E-state index >= 15 is 0 Å². The summed E-state index contributed by atoms with van der Waals surface area (Å²) in [6.45, 7) is 0. The van der Waals surface area contributed by atoms with Gasteiger partial charge in [0.05, 0.1) is 0 Å². The maximum Gasteiger partial charge on any atom is 0.292 e. The van der Waals surface area contributed by atoms with Gasteiger partial charge in [-0.15, -0.1) is 10.5 Å². The zero-order valence-electron chi connectivity index (χ0n) is 33.4. The topological polar surface area (TPSA) is 106 Å². The van der Waals surface area contributed by atoms with E-state index in [1.165, 1.54) is 138 Å². The lowest BCUT2D eigenvalue weighted by Crippen LogP contribution is -2.28. The fourth-order valence-corrected chi connectivity index (χ4v) is 9.27. The summed E-state index contributed by atoms with van der Waals surface area (Å²) in [4.78, 5) is 0. The smallest absolute Gasteiger partial charge is 0.292 e. The van der Waals surface area contributed by atoms with Crippen molar-refractivity contribution >= 4 is 0 Å². The molecule has 2 saturated carbocycles. The van der Waals surface area contributed by atoms with Gasteiger partial charge in [0.15, 0.2) is 0 Å². The monoisotopic (exact) mass is 754 g/mol. The van der Waals surface area contributed by atoms with Crippen molar-refractivity contribution in [2.24, 2.45) is 0 Å². The van der Waals surface area contributed by atoms with Crippen LogP contribution in [0.4, 0.5) is 0 Å². The van der Waals surface area contributed by atoms with Crippen LogP contribution in [0, 0.1) is 23.0 Å². The molecule has 6 rings (SSSR count). The predicted octanol–water partition coefficient (Wildman–Crippen LogP) is 13.7. The Morgan fingerprint density at radius 1 is 0.339 bits per heavy atom. The van der Waals surface area contributed by atoms with Crippen LogP contribution in [0.5, 0.6) is 23.0 Å². The summed E-state index contributed by atoms with van der Waals surface area (Å²) in [5, 5.41) is 37.1. The molecule has 0 amide bonds. The molecule has 2 aliphatic rings. The number of nitriles is 2. The molecule has 0 heterocycles. The molecule has 2 aliphatic carbocycles. The highest BCUT2D eigenvalue weighted by atomic mass is 16.5. The van der Waals surface area contributed by atoms with Crippen molar-refractivity contribution in [2.45, 2.75) is 152 Å². The van der Waals surface area contributed by atoms with Gasteiger partial charge in [-0.25, -0.2) is 0 Å². The molecule has 0 aromatic heterocycles. The highest BCUT2D eigenvalue weighted by Gasteiger charge is 2.35. The standard InChI is InChI=1S/C26H30N2O2.C24H32O2/c27-20-29-24-14-10-22(11-15-24)26(23-12-16-25(17-13-23)30-21-28)18-8-6-4-2-1-3-5-7-9-19-26;25-22-14-10-20(11-15-22)24(21-12-16-23(26)17-13-21)18-8-6-4-2-1-3-5-7-9-19-24/h10-17H,1-9,18-19H2;10-17,25-26H,1-9,18-19H2. The van der Waals surface area contributed by atoms with Crippen LogP contribution >= 0.6 is 0 Å². The van der Waals surface area contributed by atoms with E-state index in [0.29, 0.717) is 23.0 Å². The molecule has 296 valence electrons. The number of hydrogen-bond acceptors (Lipinski definition) is 6. The first-order valence-electron chi connectivity index (χ1n) is 21.4. The van der Waals surface area contributed by atoms with Gasteiger partial charge in [0.1, 0.15) is 23.0 Å². The molecular formula is C50H62N2O4. The fourth-order valence-electron chi connectivity index (χ4n) is 9.27. The Morgan fingerprint density at radius 2 is 0.554 bits per heavy atom. The number of aromatic hydroxyl groups is 2. The zero-order chi connectivity index (χ0) is 39.3. The van der Waals surface area contributed by atoms with Crippen LogP contribution in [0.2, 0.25) is 0 Å². The number of ether oxygens (including phenoxy) is 2. The number of phenols is 2. The number of phenolic OH excluding ortho intramolecular Hbond substituents is 2. The van der Waals surface area contributed by atoms with Gasteiger partial charge in [-0.05, 0) is 96.5 Å². The summed E-state index contributed by atoms with van der Waals surface area (Å²) in [5.74, 6) is 1.79. The number of nitrogens with zero attached hydrogens (tertiary/aromatic N) is 2. The van der Waals surface area contributed by atoms with Crippen molar-refractivity contribution in [1.29, 1.82) is 10.5 Å².